The van der Waals surface area contributed by atoms with E-state index in [1.54, 1.807) is 36.7 Å². The van der Waals surface area contributed by atoms with Crippen LogP contribution in [0, 0.1) is 11.8 Å². The zero-order valence-electron chi connectivity index (χ0n) is 18.4. The van der Waals surface area contributed by atoms with Crippen LogP contribution >= 0.6 is 0 Å². The lowest BCUT2D eigenvalue weighted by molar-refractivity contribution is 0.0955. The van der Waals surface area contributed by atoms with E-state index >= 15 is 0 Å². The van der Waals surface area contributed by atoms with Gasteiger partial charge >= 0.3 is 0 Å². The quantitative estimate of drug-likeness (QED) is 0.140. The maximum atomic E-state index is 12.3. The molecule has 2 heterocycles. The van der Waals surface area contributed by atoms with Gasteiger partial charge in [-0.3, -0.25) is 15.2 Å². The predicted molar refractivity (Wildman–Crippen MR) is 131 cm³/mol. The molecule has 0 radical (unpaired) electrons. The Morgan fingerprint density at radius 1 is 1.00 bits per heavy atom. The summed E-state index contributed by atoms with van der Waals surface area (Å²) in [7, 11) is -3.66. The molecule has 4 aromatic rings. The van der Waals surface area contributed by atoms with Gasteiger partial charge in [0.1, 0.15) is 0 Å². The van der Waals surface area contributed by atoms with Crippen LogP contribution in [0.15, 0.2) is 78.0 Å². The summed E-state index contributed by atoms with van der Waals surface area (Å²) < 4.78 is 26.5. The molecule has 2 aromatic heterocycles. The third-order valence-electron chi connectivity index (χ3n) is 5.09. The number of nitrogen functional groups attached to an aromatic ring is 1. The zero-order chi connectivity index (χ0) is 24.8. The fourth-order valence-corrected chi connectivity index (χ4v) is 4.35. The Morgan fingerprint density at radius 2 is 1.66 bits per heavy atom. The van der Waals surface area contributed by atoms with Crippen molar-refractivity contribution in [3.8, 4) is 23.1 Å². The smallest absolute Gasteiger partial charge is 0.265 e. The van der Waals surface area contributed by atoms with Crippen LogP contribution in [0.5, 0.6) is 0 Å². The van der Waals surface area contributed by atoms with E-state index in [0.717, 1.165) is 11.1 Å². The third-order valence-corrected chi connectivity index (χ3v) is 6.56. The van der Waals surface area contributed by atoms with Gasteiger partial charge in [0.2, 0.25) is 10.0 Å². The number of hydrazine groups is 1. The Balaban J connectivity index is 1.56. The number of hydrogen-bond acceptors (Lipinski definition) is 7. The number of aliphatic hydroxyl groups is 1. The molecule has 35 heavy (non-hydrogen) atoms. The molecule has 0 aliphatic rings. The normalized spacial score (nSPS) is 11.0. The SMILES string of the molecule is NNC(=O)c1cc(-c2ccc(C#Cc3ccc(S(=O)(=O)NCCO)cc3)cc2)nc2ccncc12. The number of aliphatic hydroxyl groups excluding tert-OH is 1. The lowest BCUT2D eigenvalue weighted by atomic mass is 10.0. The topological polar surface area (TPSA) is 147 Å². The molecule has 1 amide bonds. The van der Waals surface area contributed by atoms with Crippen LogP contribution in [-0.2, 0) is 10.0 Å². The largest absolute Gasteiger partial charge is 0.395 e. The number of amides is 1. The first-order valence-electron chi connectivity index (χ1n) is 10.5. The van der Waals surface area contributed by atoms with Crippen LogP contribution in [0.3, 0.4) is 0 Å². The van der Waals surface area contributed by atoms with Crippen molar-refractivity contribution in [3.63, 3.8) is 0 Å². The van der Waals surface area contributed by atoms with Gasteiger partial charge in [0.15, 0.2) is 0 Å². The summed E-state index contributed by atoms with van der Waals surface area (Å²) in [5, 5.41) is 9.40. The summed E-state index contributed by atoms with van der Waals surface area (Å²) in [6, 6.07) is 16.9. The maximum Gasteiger partial charge on any atom is 0.265 e. The van der Waals surface area contributed by atoms with Crippen molar-refractivity contribution in [2.45, 2.75) is 4.90 Å². The minimum absolute atomic E-state index is 0.0483. The molecular weight excluding hydrogens is 466 g/mol. The van der Waals surface area contributed by atoms with Gasteiger partial charge in [-0.1, -0.05) is 24.0 Å². The number of fused-ring (bicyclic) bond motifs is 1. The molecule has 0 saturated heterocycles. The van der Waals surface area contributed by atoms with E-state index in [1.807, 2.05) is 24.3 Å². The van der Waals surface area contributed by atoms with E-state index in [4.69, 9.17) is 10.9 Å². The van der Waals surface area contributed by atoms with Crippen LogP contribution in [0.4, 0.5) is 0 Å². The van der Waals surface area contributed by atoms with Crippen molar-refractivity contribution in [1.29, 1.82) is 0 Å². The average molecular weight is 488 g/mol. The molecule has 176 valence electrons. The van der Waals surface area contributed by atoms with E-state index in [0.29, 0.717) is 27.7 Å². The van der Waals surface area contributed by atoms with E-state index in [2.05, 4.69) is 32.0 Å². The van der Waals surface area contributed by atoms with E-state index in [9.17, 15) is 13.2 Å². The summed E-state index contributed by atoms with van der Waals surface area (Å²) in [5.74, 6) is 10.9. The summed E-state index contributed by atoms with van der Waals surface area (Å²) in [6.07, 6.45) is 3.18. The van der Waals surface area contributed by atoms with E-state index < -0.39 is 15.9 Å². The molecule has 0 fully saturated rings. The lowest BCUT2D eigenvalue weighted by Crippen LogP contribution is -2.30. The second-order valence-electron chi connectivity index (χ2n) is 7.39. The first-order chi connectivity index (χ1) is 16.9. The van der Waals surface area contributed by atoms with Gasteiger partial charge in [-0.25, -0.2) is 24.0 Å². The zero-order valence-corrected chi connectivity index (χ0v) is 19.2. The number of rotatable bonds is 6. The van der Waals surface area contributed by atoms with E-state index in [-0.39, 0.29) is 18.0 Å². The molecule has 4 rings (SSSR count). The standard InChI is InChI=1S/C25H21N5O4S/c26-30-25(32)21-15-24(29-23-11-12-27-16-22(21)23)19-7-3-17(4-8-19)1-2-18-5-9-20(10-6-18)35(33,34)28-13-14-31/h3-12,15-16,28,31H,13-14,26H2,(H,30,32). The van der Waals surface area contributed by atoms with Crippen molar-refractivity contribution in [3.05, 3.63) is 89.7 Å². The molecular formula is C25H21N5O4S. The highest BCUT2D eigenvalue weighted by Gasteiger charge is 2.14. The van der Waals surface area contributed by atoms with Crippen molar-refractivity contribution in [2.75, 3.05) is 13.2 Å². The van der Waals surface area contributed by atoms with Gasteiger partial charge in [0.25, 0.3) is 5.91 Å². The highest BCUT2D eigenvalue weighted by atomic mass is 32.2. The Kier molecular flexibility index (Phi) is 7.14. The molecule has 2 aromatic carbocycles. The molecule has 0 aliphatic heterocycles. The number of benzene rings is 2. The van der Waals surface area contributed by atoms with Crippen LogP contribution in [0.2, 0.25) is 0 Å². The van der Waals surface area contributed by atoms with Gasteiger partial charge in [0.05, 0.1) is 28.3 Å². The predicted octanol–water partition coefficient (Wildman–Crippen LogP) is 1.57. The van der Waals surface area contributed by atoms with Crippen molar-refractivity contribution in [2.24, 2.45) is 5.84 Å². The first-order valence-corrected chi connectivity index (χ1v) is 12.0. The lowest BCUT2D eigenvalue weighted by Gasteiger charge is -2.08. The number of carbonyl (C=O) groups is 1. The first kappa shape index (κ1) is 24.0. The second-order valence-corrected chi connectivity index (χ2v) is 9.16. The molecule has 0 spiro atoms. The number of aromatic nitrogens is 2. The summed E-state index contributed by atoms with van der Waals surface area (Å²) in [5.41, 5.74) is 5.95. The molecule has 0 atom stereocenters. The Labute approximate surface area is 202 Å². The molecule has 0 saturated carbocycles. The summed E-state index contributed by atoms with van der Waals surface area (Å²) in [6.45, 7) is -0.326. The summed E-state index contributed by atoms with van der Waals surface area (Å²) >= 11 is 0. The van der Waals surface area contributed by atoms with Crippen molar-refractivity contribution in [1.82, 2.24) is 20.1 Å². The van der Waals surface area contributed by atoms with Crippen molar-refractivity contribution < 1.29 is 18.3 Å². The monoisotopic (exact) mass is 487 g/mol. The number of nitrogens with two attached hydrogens (primary N) is 1. The number of hydrogen-bond donors (Lipinski definition) is 4. The minimum Gasteiger partial charge on any atom is -0.395 e. The fraction of sp³-hybridized carbons (Fsp3) is 0.0800. The Hall–Kier alpha value is -4.14. The van der Waals surface area contributed by atoms with Gasteiger partial charge in [-0.15, -0.1) is 0 Å². The van der Waals surface area contributed by atoms with Crippen LogP contribution < -0.4 is 16.0 Å². The number of pyridine rings is 2. The van der Waals surface area contributed by atoms with E-state index in [1.165, 1.54) is 12.1 Å². The van der Waals surface area contributed by atoms with Gasteiger partial charge in [0, 0.05) is 41.0 Å². The Morgan fingerprint density at radius 3 is 2.29 bits per heavy atom. The number of nitrogens with one attached hydrogen (secondary N) is 2. The van der Waals surface area contributed by atoms with Crippen LogP contribution in [0.1, 0.15) is 21.5 Å². The number of sulfonamides is 1. The Bertz CT molecular complexity index is 1540. The minimum atomic E-state index is -3.66. The third kappa shape index (κ3) is 5.51. The van der Waals surface area contributed by atoms with Crippen LogP contribution in [0.25, 0.3) is 22.2 Å². The number of nitrogens with zero attached hydrogens (tertiary/aromatic N) is 2. The van der Waals surface area contributed by atoms with Gasteiger partial charge in [-0.2, -0.15) is 0 Å². The maximum absolute atomic E-state index is 12.3. The van der Waals surface area contributed by atoms with Crippen LogP contribution in [-0.4, -0.2) is 42.6 Å². The molecule has 10 heteroatoms. The molecule has 5 N–H and O–H groups in total. The fourth-order valence-electron chi connectivity index (χ4n) is 3.33. The molecule has 0 aliphatic carbocycles. The molecule has 0 bridgehead atoms. The molecule has 0 unspecified atom stereocenters. The highest BCUT2D eigenvalue weighted by molar-refractivity contribution is 7.89. The molecule has 9 nitrogen and oxygen atoms in total. The summed E-state index contributed by atoms with van der Waals surface area (Å²) in [4.78, 5) is 21.0. The average Bonchev–Trinajstić information content (AvgIpc) is 2.90. The highest BCUT2D eigenvalue weighted by Crippen LogP contribution is 2.24. The number of carbonyl (C=O) groups excluding carboxylic acids is 1. The van der Waals surface area contributed by atoms with Gasteiger partial charge < -0.3 is 5.11 Å². The second kappa shape index (κ2) is 10.4. The van der Waals surface area contributed by atoms with Crippen molar-refractivity contribution >= 4 is 26.8 Å². The van der Waals surface area contributed by atoms with Gasteiger partial charge in [-0.05, 0) is 48.5 Å².